The van der Waals surface area contributed by atoms with Crippen LogP contribution >= 0.6 is 34.8 Å². The lowest BCUT2D eigenvalue weighted by Crippen LogP contribution is -2.17. The monoisotopic (exact) mass is 317 g/mol. The number of H-pyrrole nitrogens is 1. The summed E-state index contributed by atoms with van der Waals surface area (Å²) >= 11 is 17.6. The molecular weight excluding hydrogens is 312 g/mol. The van der Waals surface area contributed by atoms with Gasteiger partial charge in [0.2, 0.25) is 0 Å². The highest BCUT2D eigenvalue weighted by Gasteiger charge is 2.13. The molecule has 2 N–H and O–H groups in total. The van der Waals surface area contributed by atoms with Crippen molar-refractivity contribution < 1.29 is 4.79 Å². The summed E-state index contributed by atoms with van der Waals surface area (Å²) in [4.78, 5) is 22.7. The molecule has 98 valence electrons. The minimum atomic E-state index is -0.553. The average molecular weight is 319 g/mol. The number of halogens is 3. The van der Waals surface area contributed by atoms with Gasteiger partial charge in [-0.15, -0.1) is 0 Å². The maximum absolute atomic E-state index is 11.9. The molecule has 0 aliphatic carbocycles. The van der Waals surface area contributed by atoms with Gasteiger partial charge in [0.25, 0.3) is 11.5 Å². The first-order chi connectivity index (χ1) is 8.97. The Kier molecular flexibility index (Phi) is 4.09. The van der Waals surface area contributed by atoms with Crippen molar-refractivity contribution in [3.63, 3.8) is 0 Å². The van der Waals surface area contributed by atoms with Crippen molar-refractivity contribution in [2.24, 2.45) is 0 Å². The number of nitrogens with one attached hydrogen (secondary N) is 2. The van der Waals surface area contributed by atoms with Crippen LogP contribution in [0.2, 0.25) is 15.1 Å². The molecule has 0 atom stereocenters. The first-order valence-electron chi connectivity index (χ1n) is 4.99. The summed E-state index contributed by atoms with van der Waals surface area (Å²) in [6.07, 6.45) is 0. The van der Waals surface area contributed by atoms with Crippen molar-refractivity contribution in [3.8, 4) is 0 Å². The van der Waals surface area contributed by atoms with Gasteiger partial charge >= 0.3 is 0 Å². The number of nitrogens with zero attached hydrogens (tertiary/aromatic N) is 1. The number of benzene rings is 1. The van der Waals surface area contributed by atoms with Gasteiger partial charge in [-0.05, 0) is 18.2 Å². The van der Waals surface area contributed by atoms with E-state index in [0.717, 1.165) is 0 Å². The molecule has 1 aromatic carbocycles. The van der Waals surface area contributed by atoms with E-state index in [2.05, 4.69) is 15.5 Å². The lowest BCUT2D eigenvalue weighted by Gasteiger charge is -2.09. The Hall–Kier alpha value is -1.56. The summed E-state index contributed by atoms with van der Waals surface area (Å²) in [5.74, 6) is -0.553. The Bertz CT molecular complexity index is 656. The molecule has 0 bridgehead atoms. The van der Waals surface area contributed by atoms with Gasteiger partial charge in [-0.3, -0.25) is 9.59 Å². The molecule has 1 aromatic heterocycles. The predicted molar refractivity (Wildman–Crippen MR) is 74.3 cm³/mol. The Morgan fingerprint density at radius 1 is 1.16 bits per heavy atom. The maximum atomic E-state index is 11.9. The molecule has 0 saturated heterocycles. The number of carbonyl (C=O) groups excluding carboxylic acids is 1. The smallest absolute Gasteiger partial charge is 0.276 e. The molecule has 0 fully saturated rings. The van der Waals surface area contributed by atoms with Crippen LogP contribution < -0.4 is 10.9 Å². The molecule has 0 spiro atoms. The Balaban J connectivity index is 2.29. The van der Waals surface area contributed by atoms with Crippen LogP contribution in [-0.4, -0.2) is 16.1 Å². The van der Waals surface area contributed by atoms with E-state index in [1.165, 1.54) is 24.3 Å². The van der Waals surface area contributed by atoms with Crippen LogP contribution in [0.1, 0.15) is 10.5 Å². The first-order valence-corrected chi connectivity index (χ1v) is 6.12. The third-order valence-corrected chi connectivity index (χ3v) is 2.97. The molecule has 0 unspecified atom stereocenters. The number of aromatic nitrogens is 2. The quantitative estimate of drug-likeness (QED) is 0.894. The third kappa shape index (κ3) is 3.26. The molecule has 19 heavy (non-hydrogen) atoms. The fourth-order valence-electron chi connectivity index (χ4n) is 1.31. The maximum Gasteiger partial charge on any atom is 0.276 e. The summed E-state index contributed by atoms with van der Waals surface area (Å²) in [5.41, 5.74) is -0.147. The molecular formula is C11H6Cl3N3O2. The second-order valence-electron chi connectivity index (χ2n) is 3.50. The van der Waals surface area contributed by atoms with E-state index in [-0.39, 0.29) is 21.4 Å². The number of hydrogen-bond donors (Lipinski definition) is 2. The molecule has 0 saturated carbocycles. The minimum Gasteiger partial charge on any atom is -0.318 e. The highest BCUT2D eigenvalue weighted by Crippen LogP contribution is 2.33. The van der Waals surface area contributed by atoms with Crippen LogP contribution in [0.25, 0.3) is 0 Å². The van der Waals surface area contributed by atoms with Gasteiger partial charge in [-0.1, -0.05) is 34.8 Å². The number of aromatic amines is 1. The van der Waals surface area contributed by atoms with Crippen molar-refractivity contribution >= 4 is 46.4 Å². The van der Waals surface area contributed by atoms with Gasteiger partial charge in [0.1, 0.15) is 5.69 Å². The Labute approximate surface area is 122 Å². The van der Waals surface area contributed by atoms with Crippen molar-refractivity contribution in [1.29, 1.82) is 0 Å². The fraction of sp³-hybridized carbons (Fsp3) is 0. The van der Waals surface area contributed by atoms with Gasteiger partial charge < -0.3 is 5.32 Å². The Morgan fingerprint density at radius 2 is 1.79 bits per heavy atom. The summed E-state index contributed by atoms with van der Waals surface area (Å²) in [6.45, 7) is 0. The topological polar surface area (TPSA) is 74.8 Å². The Morgan fingerprint density at radius 3 is 2.32 bits per heavy atom. The van der Waals surface area contributed by atoms with Gasteiger partial charge in [-0.2, -0.15) is 5.10 Å². The molecule has 0 aliphatic rings. The first kappa shape index (κ1) is 13.9. The van der Waals surface area contributed by atoms with Crippen molar-refractivity contribution in [2.75, 3.05) is 5.32 Å². The second-order valence-corrected chi connectivity index (χ2v) is 4.76. The average Bonchev–Trinajstić information content (AvgIpc) is 2.34. The fourth-order valence-corrected chi connectivity index (χ4v) is 2.22. The van der Waals surface area contributed by atoms with Gasteiger partial charge in [0, 0.05) is 11.1 Å². The SMILES string of the molecule is O=C(Nc1c(Cl)cc(Cl)cc1Cl)c1ccc(=O)[nH]n1. The zero-order chi connectivity index (χ0) is 14.0. The number of hydrogen-bond acceptors (Lipinski definition) is 3. The molecule has 0 aliphatic heterocycles. The number of carbonyl (C=O) groups is 1. The number of amides is 1. The number of anilines is 1. The van der Waals surface area contributed by atoms with E-state index < -0.39 is 11.5 Å². The van der Waals surface area contributed by atoms with Gasteiger partial charge in [0.15, 0.2) is 0 Å². The number of rotatable bonds is 2. The summed E-state index contributed by atoms with van der Waals surface area (Å²) in [7, 11) is 0. The van der Waals surface area contributed by atoms with Crippen LogP contribution in [0.4, 0.5) is 5.69 Å². The largest absolute Gasteiger partial charge is 0.318 e. The third-order valence-electron chi connectivity index (χ3n) is 2.16. The molecule has 0 radical (unpaired) electrons. The highest BCUT2D eigenvalue weighted by molar-refractivity contribution is 6.42. The van der Waals surface area contributed by atoms with Gasteiger partial charge in [-0.25, -0.2) is 5.10 Å². The molecule has 8 heteroatoms. The van der Waals surface area contributed by atoms with E-state index in [4.69, 9.17) is 34.8 Å². The predicted octanol–water partition coefficient (Wildman–Crippen LogP) is 2.98. The zero-order valence-corrected chi connectivity index (χ0v) is 11.5. The zero-order valence-electron chi connectivity index (χ0n) is 9.21. The van der Waals surface area contributed by atoms with E-state index in [1.54, 1.807) is 0 Å². The molecule has 1 heterocycles. The molecule has 2 rings (SSSR count). The van der Waals surface area contributed by atoms with Crippen LogP contribution in [0, 0.1) is 0 Å². The minimum absolute atomic E-state index is 0.0293. The standard InChI is InChI=1S/C11H6Cl3N3O2/c12-5-3-6(13)10(7(14)4-5)15-11(19)8-1-2-9(18)17-16-8/h1-4H,(H,15,19)(H,17,18). The molecule has 1 amide bonds. The van der Waals surface area contributed by atoms with Crippen LogP contribution in [-0.2, 0) is 0 Å². The van der Waals surface area contributed by atoms with E-state index in [9.17, 15) is 9.59 Å². The van der Waals surface area contributed by atoms with Crippen LogP contribution in [0.5, 0.6) is 0 Å². The lowest BCUT2D eigenvalue weighted by atomic mass is 10.3. The van der Waals surface area contributed by atoms with E-state index in [1.807, 2.05) is 0 Å². The second kappa shape index (κ2) is 5.61. The van der Waals surface area contributed by atoms with Gasteiger partial charge in [0.05, 0.1) is 15.7 Å². The highest BCUT2D eigenvalue weighted by atomic mass is 35.5. The summed E-state index contributed by atoms with van der Waals surface area (Å²) in [6, 6.07) is 5.37. The molecule has 5 nitrogen and oxygen atoms in total. The molecule has 2 aromatic rings. The van der Waals surface area contributed by atoms with Crippen molar-refractivity contribution in [1.82, 2.24) is 10.2 Å². The van der Waals surface area contributed by atoms with Crippen LogP contribution in [0.15, 0.2) is 29.1 Å². The van der Waals surface area contributed by atoms with E-state index >= 15 is 0 Å². The summed E-state index contributed by atoms with van der Waals surface area (Å²) in [5, 5.41) is 9.00. The van der Waals surface area contributed by atoms with Crippen LogP contribution in [0.3, 0.4) is 0 Å². The van der Waals surface area contributed by atoms with Crippen molar-refractivity contribution in [2.45, 2.75) is 0 Å². The lowest BCUT2D eigenvalue weighted by molar-refractivity contribution is 0.102. The van der Waals surface area contributed by atoms with E-state index in [0.29, 0.717) is 5.02 Å². The summed E-state index contributed by atoms with van der Waals surface area (Å²) < 4.78 is 0. The normalized spacial score (nSPS) is 10.3. The van der Waals surface area contributed by atoms with Crippen molar-refractivity contribution in [3.05, 3.63) is 55.4 Å².